The Labute approximate surface area is 154 Å². The Morgan fingerprint density at radius 3 is 2.37 bits per heavy atom. The summed E-state index contributed by atoms with van der Waals surface area (Å²) in [5, 5.41) is 5.43. The molecule has 1 aliphatic rings. The molecule has 0 unspecified atom stereocenters. The van der Waals surface area contributed by atoms with Crippen molar-refractivity contribution in [1.82, 2.24) is 4.98 Å². The fourth-order valence-corrected chi connectivity index (χ4v) is 4.27. The number of ether oxygens (including phenoxy) is 1. The molecule has 2 nitrogen and oxygen atoms in total. The van der Waals surface area contributed by atoms with Gasteiger partial charge in [0.05, 0.1) is 17.3 Å². The molecule has 6 rings (SSSR count). The molecule has 0 radical (unpaired) electrons. The van der Waals surface area contributed by atoms with E-state index in [2.05, 4.69) is 30.1 Å². The molecule has 4 aromatic carbocycles. The van der Waals surface area contributed by atoms with E-state index < -0.39 is 0 Å². The summed E-state index contributed by atoms with van der Waals surface area (Å²) in [6.45, 7) is 2.06. The summed E-state index contributed by atoms with van der Waals surface area (Å²) in [7, 11) is 0. The van der Waals surface area contributed by atoms with Gasteiger partial charge in [-0.15, -0.1) is 0 Å². The normalized spacial score (nSPS) is 12.4. The van der Waals surface area contributed by atoms with Crippen LogP contribution < -0.4 is 4.74 Å². The number of fused-ring (bicyclic) bond motifs is 5. The number of pyridine rings is 1. The van der Waals surface area contributed by atoms with Crippen molar-refractivity contribution in [3.63, 3.8) is 0 Å². The zero-order valence-corrected chi connectivity index (χ0v) is 14.6. The van der Waals surface area contributed by atoms with Crippen LogP contribution in [0.1, 0.15) is 5.56 Å². The topological polar surface area (TPSA) is 22.1 Å². The fourth-order valence-electron chi connectivity index (χ4n) is 4.27. The SMILES string of the molecule is Cc1c2c(cc3ccccc13)-c1ncc(F)c3c1c(cc1ccccc13)O2. The Balaban J connectivity index is 1.84. The monoisotopic (exact) mass is 351 g/mol. The maximum Gasteiger partial charge on any atom is 0.150 e. The molecule has 5 aromatic rings. The van der Waals surface area contributed by atoms with Gasteiger partial charge in [-0.1, -0.05) is 48.5 Å². The molecule has 0 N–H and O–H groups in total. The maximum absolute atomic E-state index is 14.8. The van der Waals surface area contributed by atoms with Crippen LogP contribution in [0.4, 0.5) is 4.39 Å². The molecule has 0 spiro atoms. The predicted molar refractivity (Wildman–Crippen MR) is 107 cm³/mol. The van der Waals surface area contributed by atoms with Gasteiger partial charge in [0.2, 0.25) is 0 Å². The van der Waals surface area contributed by atoms with Gasteiger partial charge in [-0.05, 0) is 40.6 Å². The second kappa shape index (κ2) is 5.04. The van der Waals surface area contributed by atoms with E-state index in [9.17, 15) is 4.39 Å². The highest BCUT2D eigenvalue weighted by Crippen LogP contribution is 2.50. The maximum atomic E-state index is 14.8. The van der Waals surface area contributed by atoms with Crippen LogP contribution in [0.3, 0.4) is 0 Å². The van der Waals surface area contributed by atoms with Crippen molar-refractivity contribution in [1.29, 1.82) is 0 Å². The highest BCUT2D eigenvalue weighted by Gasteiger charge is 2.26. The van der Waals surface area contributed by atoms with Crippen molar-refractivity contribution in [2.75, 3.05) is 0 Å². The molecule has 128 valence electrons. The third kappa shape index (κ3) is 1.86. The van der Waals surface area contributed by atoms with E-state index in [-0.39, 0.29) is 5.82 Å². The first-order chi connectivity index (χ1) is 13.2. The van der Waals surface area contributed by atoms with Crippen molar-refractivity contribution in [2.45, 2.75) is 6.92 Å². The quantitative estimate of drug-likeness (QED) is 0.282. The van der Waals surface area contributed by atoms with E-state index in [4.69, 9.17) is 4.74 Å². The predicted octanol–water partition coefficient (Wildman–Crippen LogP) is 6.76. The summed E-state index contributed by atoms with van der Waals surface area (Å²) in [5.41, 5.74) is 2.77. The number of hydrogen-bond donors (Lipinski definition) is 0. The number of benzene rings is 4. The lowest BCUT2D eigenvalue weighted by molar-refractivity contribution is 0.483. The van der Waals surface area contributed by atoms with Gasteiger partial charge in [0.25, 0.3) is 0 Å². The van der Waals surface area contributed by atoms with E-state index in [0.29, 0.717) is 11.1 Å². The Hall–Kier alpha value is -3.46. The number of aromatic nitrogens is 1. The molecule has 3 heteroatoms. The fraction of sp³-hybridized carbons (Fsp3) is 0.0417. The second-order valence-corrected chi connectivity index (χ2v) is 7.00. The van der Waals surface area contributed by atoms with Crippen molar-refractivity contribution in [3.05, 3.63) is 78.2 Å². The van der Waals surface area contributed by atoms with Gasteiger partial charge < -0.3 is 4.74 Å². The van der Waals surface area contributed by atoms with Crippen molar-refractivity contribution in [2.24, 2.45) is 0 Å². The Morgan fingerprint density at radius 1 is 0.852 bits per heavy atom. The lowest BCUT2D eigenvalue weighted by atomic mass is 9.92. The van der Waals surface area contributed by atoms with Gasteiger partial charge >= 0.3 is 0 Å². The van der Waals surface area contributed by atoms with Crippen molar-refractivity contribution < 1.29 is 9.13 Å². The van der Waals surface area contributed by atoms with Crippen LogP contribution in [0.25, 0.3) is 43.6 Å². The average molecular weight is 351 g/mol. The number of halogens is 1. The van der Waals surface area contributed by atoms with E-state index in [1.54, 1.807) is 0 Å². The van der Waals surface area contributed by atoms with E-state index in [1.807, 2.05) is 42.5 Å². The summed E-state index contributed by atoms with van der Waals surface area (Å²) in [4.78, 5) is 4.48. The Morgan fingerprint density at radius 2 is 1.56 bits per heavy atom. The molecule has 0 aliphatic carbocycles. The molecule has 0 fully saturated rings. The largest absolute Gasteiger partial charge is 0.456 e. The van der Waals surface area contributed by atoms with Crippen LogP contribution in [0.5, 0.6) is 11.5 Å². The zero-order valence-electron chi connectivity index (χ0n) is 14.6. The van der Waals surface area contributed by atoms with Gasteiger partial charge in [-0.25, -0.2) is 4.39 Å². The summed E-state index contributed by atoms with van der Waals surface area (Å²) in [6.07, 6.45) is 1.33. The van der Waals surface area contributed by atoms with Gasteiger partial charge in [0.1, 0.15) is 17.3 Å². The molecule has 1 aliphatic heterocycles. The van der Waals surface area contributed by atoms with Gasteiger partial charge in [0, 0.05) is 16.5 Å². The summed E-state index contributed by atoms with van der Waals surface area (Å²) in [5.74, 6) is 1.14. The van der Waals surface area contributed by atoms with Crippen molar-refractivity contribution in [3.8, 4) is 22.8 Å². The number of nitrogens with zero attached hydrogens (tertiary/aromatic N) is 1. The molecule has 27 heavy (non-hydrogen) atoms. The second-order valence-electron chi connectivity index (χ2n) is 7.00. The Bertz CT molecular complexity index is 1420. The van der Waals surface area contributed by atoms with E-state index in [0.717, 1.165) is 49.5 Å². The third-order valence-electron chi connectivity index (χ3n) is 5.51. The van der Waals surface area contributed by atoms with Crippen LogP contribution in [0.2, 0.25) is 0 Å². The summed E-state index contributed by atoms with van der Waals surface area (Å²) in [6, 6.07) is 20.1. The lowest BCUT2D eigenvalue weighted by Gasteiger charge is -2.24. The minimum absolute atomic E-state index is 0.323. The first kappa shape index (κ1) is 14.7. The van der Waals surface area contributed by atoms with Crippen molar-refractivity contribution >= 4 is 32.3 Å². The van der Waals surface area contributed by atoms with Gasteiger partial charge in [-0.3, -0.25) is 4.98 Å². The van der Waals surface area contributed by atoms with Crippen LogP contribution in [0.15, 0.2) is 66.9 Å². The molecule has 2 heterocycles. The smallest absolute Gasteiger partial charge is 0.150 e. The van der Waals surface area contributed by atoms with Crippen LogP contribution in [-0.2, 0) is 0 Å². The molecule has 0 atom stereocenters. The van der Waals surface area contributed by atoms with Crippen LogP contribution in [-0.4, -0.2) is 4.98 Å². The highest BCUT2D eigenvalue weighted by atomic mass is 19.1. The minimum Gasteiger partial charge on any atom is -0.456 e. The average Bonchev–Trinajstić information content (AvgIpc) is 2.70. The lowest BCUT2D eigenvalue weighted by Crippen LogP contribution is -2.03. The standard InChI is InChI=1S/C24H14FNO/c1-13-16-8-4-2-6-14(16)10-18-23-22-20(27-24(13)18)11-15-7-3-5-9-17(15)21(22)19(25)12-26-23/h2-12H,1H3. The molecule has 0 saturated carbocycles. The molecule has 0 bridgehead atoms. The molecule has 1 aromatic heterocycles. The van der Waals surface area contributed by atoms with Gasteiger partial charge in [0.15, 0.2) is 0 Å². The van der Waals surface area contributed by atoms with E-state index in [1.165, 1.54) is 6.20 Å². The molecular formula is C24H14FNO. The van der Waals surface area contributed by atoms with Crippen LogP contribution in [0, 0.1) is 12.7 Å². The van der Waals surface area contributed by atoms with Crippen LogP contribution >= 0.6 is 0 Å². The number of hydrogen-bond acceptors (Lipinski definition) is 2. The first-order valence-electron chi connectivity index (χ1n) is 8.93. The first-order valence-corrected chi connectivity index (χ1v) is 8.93. The Kier molecular flexibility index (Phi) is 2.74. The minimum atomic E-state index is -0.323. The molecular weight excluding hydrogens is 337 g/mol. The molecule has 0 saturated heterocycles. The molecule has 0 amide bonds. The summed E-state index contributed by atoms with van der Waals surface area (Å²) >= 11 is 0. The van der Waals surface area contributed by atoms with Gasteiger partial charge in [-0.2, -0.15) is 0 Å². The summed E-state index contributed by atoms with van der Waals surface area (Å²) < 4.78 is 21.2. The number of rotatable bonds is 0. The third-order valence-corrected chi connectivity index (χ3v) is 5.51. The number of aryl methyl sites for hydroxylation is 1. The zero-order chi connectivity index (χ0) is 18.1. The highest BCUT2D eigenvalue weighted by molar-refractivity contribution is 6.16. The van der Waals surface area contributed by atoms with E-state index >= 15 is 0 Å².